The number of halogens is 7. The van der Waals surface area contributed by atoms with Crippen LogP contribution in [0.3, 0.4) is 0 Å². The van der Waals surface area contributed by atoms with Crippen LogP contribution < -0.4 is 9.92 Å². The minimum atomic E-state index is -5.89. The monoisotopic (exact) mass is 870 g/mol. The van der Waals surface area contributed by atoms with E-state index in [1.165, 1.54) is 13.0 Å². The number of hydrogen-bond donors (Lipinski definition) is 2. The minimum Gasteiger partial charge on any atom is -0.507 e. The topological polar surface area (TPSA) is 137 Å². The molecule has 1 aromatic heterocycles. The van der Waals surface area contributed by atoms with E-state index >= 15 is 0 Å². The second-order valence-electron chi connectivity index (χ2n) is 10.8. The molecule has 0 spiro atoms. The molecule has 0 aliphatic carbocycles. The molecule has 0 unspecified atom stereocenters. The predicted octanol–water partition coefficient (Wildman–Crippen LogP) is 9.70. The lowest BCUT2D eigenvalue weighted by Crippen LogP contribution is -2.28. The van der Waals surface area contributed by atoms with E-state index in [2.05, 4.69) is 31.8 Å². The molecule has 3 N–H and O–H groups in total. The Labute approximate surface area is 313 Å². The van der Waals surface area contributed by atoms with Crippen molar-refractivity contribution < 1.29 is 53.6 Å². The number of aryl methyl sites for hydroxylation is 1. The van der Waals surface area contributed by atoms with Gasteiger partial charge in [0.15, 0.2) is 17.3 Å². The van der Waals surface area contributed by atoms with Gasteiger partial charge in [-0.2, -0.15) is 21.6 Å². The van der Waals surface area contributed by atoms with E-state index in [1.54, 1.807) is 6.07 Å². The first-order valence-corrected chi connectivity index (χ1v) is 17.5. The Kier molecular flexibility index (Phi) is 14.3. The number of Topliss-reactive ketones (excluding diaryl/α,β-unsaturated/α-hetero) is 2. The maximum absolute atomic E-state index is 13.2. The standard InChI is InChI=1S/C14H10FN.C9H6F4O4S.C8H7FO2.C6H6IN/c1-9-13-8-10(15)6-7-11(13)12-4-2-3-5-14(12)16-9;1-5(14)7-4-6(10)2-3-8(7)17-18(15,16)9(11,12)13;1-5(10)7-4-6(9)2-3-8(7)11;7-5-3-1-2-4-6(5)8/h2-8H,1H3;2-4H,1H3;2-4,11H,1H3;1-4H,8H2. The maximum Gasteiger partial charge on any atom is 0.534 e. The number of nitrogens with zero attached hydrogens (tertiary/aromatic N) is 1. The molecule has 5 aromatic carbocycles. The first kappa shape index (κ1) is 42.2. The molecule has 0 aliphatic heterocycles. The largest absolute Gasteiger partial charge is 0.534 e. The van der Waals surface area contributed by atoms with Crippen LogP contribution in [0.2, 0.25) is 0 Å². The molecule has 0 atom stereocenters. The predicted molar refractivity (Wildman–Crippen MR) is 198 cm³/mol. The van der Waals surface area contributed by atoms with Crippen LogP contribution in [-0.4, -0.2) is 35.6 Å². The highest BCUT2D eigenvalue weighted by Crippen LogP contribution is 2.30. The SMILES string of the molecule is CC(=O)c1cc(F)ccc1O.CC(=O)c1cc(F)ccc1OS(=O)(=O)C(F)(F)F.Cc1nc2ccccc2c2ccc(F)cc12.Nc1ccccc1I. The number of phenols is 1. The van der Waals surface area contributed by atoms with E-state index in [0.29, 0.717) is 18.2 Å². The molecular weight excluding hydrogens is 841 g/mol. The Morgan fingerprint density at radius 1 is 0.736 bits per heavy atom. The van der Waals surface area contributed by atoms with Crippen LogP contribution in [0, 0.1) is 27.9 Å². The van der Waals surface area contributed by atoms with Crippen LogP contribution in [0.5, 0.6) is 11.5 Å². The Bertz CT molecular complexity index is 2370. The summed E-state index contributed by atoms with van der Waals surface area (Å²) in [5.41, 5.74) is 1.99. The fraction of sp³-hybridized carbons (Fsp3) is 0.108. The van der Waals surface area contributed by atoms with Crippen LogP contribution in [-0.2, 0) is 10.1 Å². The Morgan fingerprint density at radius 3 is 1.81 bits per heavy atom. The summed E-state index contributed by atoms with van der Waals surface area (Å²) in [5.74, 6) is -3.87. The fourth-order valence-electron chi connectivity index (χ4n) is 4.37. The highest BCUT2D eigenvalue weighted by molar-refractivity contribution is 14.1. The van der Waals surface area contributed by atoms with Gasteiger partial charge in [0, 0.05) is 25.7 Å². The Hall–Kier alpha value is -5.23. The summed E-state index contributed by atoms with van der Waals surface area (Å²) in [7, 11) is -5.89. The zero-order valence-electron chi connectivity index (χ0n) is 27.9. The third-order valence-electron chi connectivity index (χ3n) is 6.90. The van der Waals surface area contributed by atoms with E-state index in [4.69, 9.17) is 10.8 Å². The summed E-state index contributed by atoms with van der Waals surface area (Å²) in [6, 6.07) is 25.7. The molecule has 1 heterocycles. The molecule has 0 saturated heterocycles. The third-order valence-corrected chi connectivity index (χ3v) is 8.85. The van der Waals surface area contributed by atoms with Gasteiger partial charge in [-0.1, -0.05) is 36.4 Å². The van der Waals surface area contributed by atoms with Gasteiger partial charge < -0.3 is 15.0 Å². The number of nitrogen functional groups attached to an aromatic ring is 1. The van der Waals surface area contributed by atoms with Gasteiger partial charge in [0.1, 0.15) is 23.2 Å². The first-order valence-electron chi connectivity index (χ1n) is 15.0. The highest BCUT2D eigenvalue weighted by Gasteiger charge is 2.49. The van der Waals surface area contributed by atoms with E-state index in [-0.39, 0.29) is 22.9 Å². The molecule has 0 aliphatic rings. The summed E-state index contributed by atoms with van der Waals surface area (Å²) in [4.78, 5) is 26.2. The number of phenolic OH excluding ortho intramolecular Hbond substituents is 1. The number of ketones is 2. The van der Waals surface area contributed by atoms with Crippen molar-refractivity contribution in [2.24, 2.45) is 0 Å². The van der Waals surface area contributed by atoms with Crippen molar-refractivity contribution in [1.29, 1.82) is 0 Å². The van der Waals surface area contributed by atoms with Crippen molar-refractivity contribution in [3.05, 3.63) is 141 Å². The summed E-state index contributed by atoms with van der Waals surface area (Å²) in [5, 5.41) is 12.0. The van der Waals surface area contributed by atoms with Crippen LogP contribution >= 0.6 is 22.6 Å². The number of aromatic hydroxyl groups is 1. The van der Waals surface area contributed by atoms with E-state index in [9.17, 15) is 44.3 Å². The summed E-state index contributed by atoms with van der Waals surface area (Å²) in [6.45, 7) is 4.12. The number of rotatable bonds is 4. The van der Waals surface area contributed by atoms with Crippen molar-refractivity contribution in [2.75, 3.05) is 5.73 Å². The number of para-hydroxylation sites is 2. The lowest BCUT2D eigenvalue weighted by Gasteiger charge is -2.11. The smallest absolute Gasteiger partial charge is 0.507 e. The van der Waals surface area contributed by atoms with Gasteiger partial charge in [0.05, 0.1) is 16.6 Å². The summed E-state index contributed by atoms with van der Waals surface area (Å²) in [6.07, 6.45) is 0. The normalized spacial score (nSPS) is 10.9. The molecule has 16 heteroatoms. The quantitative estimate of drug-likeness (QED) is 0.0340. The second-order valence-corrected chi connectivity index (χ2v) is 13.5. The number of anilines is 1. The number of nitrogens with two attached hydrogens (primary N) is 1. The lowest BCUT2D eigenvalue weighted by atomic mass is 10.0. The zero-order chi connectivity index (χ0) is 39.7. The van der Waals surface area contributed by atoms with Gasteiger partial charge in [-0.15, -0.1) is 0 Å². The van der Waals surface area contributed by atoms with E-state index < -0.39 is 44.4 Å². The van der Waals surface area contributed by atoms with E-state index in [1.807, 2.05) is 61.5 Å². The number of alkyl halides is 3. The lowest BCUT2D eigenvalue weighted by molar-refractivity contribution is -0.0500. The average molecular weight is 871 g/mol. The number of pyridine rings is 1. The van der Waals surface area contributed by atoms with Crippen molar-refractivity contribution in [3.8, 4) is 11.5 Å². The van der Waals surface area contributed by atoms with Gasteiger partial charge >= 0.3 is 15.6 Å². The number of hydrogen-bond acceptors (Lipinski definition) is 8. The minimum absolute atomic E-state index is 0.0185. The summed E-state index contributed by atoms with van der Waals surface area (Å²) < 4.78 is 101. The number of benzene rings is 5. The van der Waals surface area contributed by atoms with Crippen LogP contribution in [0.25, 0.3) is 21.7 Å². The van der Waals surface area contributed by atoms with Crippen LogP contribution in [0.1, 0.15) is 40.3 Å². The van der Waals surface area contributed by atoms with Gasteiger partial charge in [-0.25, -0.2) is 13.2 Å². The molecule has 0 bridgehead atoms. The zero-order valence-corrected chi connectivity index (χ0v) is 30.9. The second kappa shape index (κ2) is 18.0. The summed E-state index contributed by atoms with van der Waals surface area (Å²) >= 11 is 2.20. The van der Waals surface area contributed by atoms with Crippen molar-refractivity contribution in [1.82, 2.24) is 4.98 Å². The number of fused-ring (bicyclic) bond motifs is 3. The van der Waals surface area contributed by atoms with Gasteiger partial charge in [0.25, 0.3) is 0 Å². The van der Waals surface area contributed by atoms with Crippen molar-refractivity contribution in [3.63, 3.8) is 0 Å². The molecule has 8 nitrogen and oxygen atoms in total. The van der Waals surface area contributed by atoms with E-state index in [0.717, 1.165) is 61.7 Å². The number of carbonyl (C=O) groups is 2. The number of aromatic nitrogens is 1. The average Bonchev–Trinajstić information content (AvgIpc) is 3.08. The van der Waals surface area contributed by atoms with Crippen molar-refractivity contribution in [2.45, 2.75) is 26.3 Å². The van der Waals surface area contributed by atoms with Gasteiger partial charge in [-0.05, 0) is 115 Å². The molecule has 6 rings (SSSR count). The van der Waals surface area contributed by atoms with Gasteiger partial charge in [-0.3, -0.25) is 14.6 Å². The molecule has 53 heavy (non-hydrogen) atoms. The van der Waals surface area contributed by atoms with Gasteiger partial charge in [0.2, 0.25) is 0 Å². The molecule has 278 valence electrons. The van der Waals surface area contributed by atoms with Crippen LogP contribution in [0.15, 0.2) is 103 Å². The highest BCUT2D eigenvalue weighted by atomic mass is 127. The van der Waals surface area contributed by atoms with Crippen LogP contribution in [0.4, 0.5) is 32.0 Å². The molecule has 0 fully saturated rings. The molecular formula is C37H29F6IN2O6S. The number of carbonyl (C=O) groups excluding carboxylic acids is 2. The Balaban J connectivity index is 0.000000198. The Morgan fingerprint density at radius 2 is 1.26 bits per heavy atom. The molecule has 0 amide bonds. The van der Waals surface area contributed by atoms with Crippen molar-refractivity contribution >= 4 is 71.6 Å². The molecule has 6 aromatic rings. The first-order chi connectivity index (χ1) is 24.7. The molecule has 0 saturated carbocycles. The third kappa shape index (κ3) is 11.6. The fourth-order valence-corrected chi connectivity index (χ4v) is 5.23. The molecule has 0 radical (unpaired) electrons. The maximum atomic E-state index is 13.2.